The highest BCUT2D eigenvalue weighted by molar-refractivity contribution is 6.28. The van der Waals surface area contributed by atoms with Crippen LogP contribution in [0.4, 0.5) is 0 Å². The summed E-state index contributed by atoms with van der Waals surface area (Å²) >= 11 is 6.46. The number of benzene rings is 4. The Balaban J connectivity index is 1.48. The van der Waals surface area contributed by atoms with E-state index in [0.29, 0.717) is 0 Å². The Morgan fingerprint density at radius 1 is 0.606 bits per heavy atom. The second kappa shape index (κ2) is 6.92. The lowest BCUT2D eigenvalue weighted by Crippen LogP contribution is -2.00. The van der Waals surface area contributed by atoms with E-state index in [0.717, 1.165) is 50.0 Å². The van der Waals surface area contributed by atoms with Gasteiger partial charge in [0.05, 0.1) is 16.7 Å². The predicted molar refractivity (Wildman–Crippen MR) is 134 cm³/mol. The van der Waals surface area contributed by atoms with Crippen LogP contribution in [0.3, 0.4) is 0 Å². The first-order chi connectivity index (χ1) is 16.3. The molecule has 0 amide bonds. The van der Waals surface area contributed by atoms with E-state index in [-0.39, 0.29) is 5.28 Å². The third kappa shape index (κ3) is 2.78. The summed E-state index contributed by atoms with van der Waals surface area (Å²) in [5.41, 5.74) is 5.60. The Labute approximate surface area is 193 Å². The van der Waals surface area contributed by atoms with Gasteiger partial charge < -0.3 is 4.42 Å². The zero-order valence-electron chi connectivity index (χ0n) is 17.4. The molecule has 0 saturated heterocycles. The van der Waals surface area contributed by atoms with Gasteiger partial charge in [0.25, 0.3) is 0 Å². The molecule has 7 rings (SSSR count). The van der Waals surface area contributed by atoms with Gasteiger partial charge in [-0.05, 0) is 48.0 Å². The molecule has 156 valence electrons. The largest absolute Gasteiger partial charge is 0.456 e. The smallest absolute Gasteiger partial charge is 0.224 e. The minimum Gasteiger partial charge on any atom is -0.456 e. The quantitative estimate of drug-likeness (QED) is 0.255. The summed E-state index contributed by atoms with van der Waals surface area (Å²) in [6.07, 6.45) is 0. The minimum atomic E-state index is 0.210. The summed E-state index contributed by atoms with van der Waals surface area (Å²) in [6.45, 7) is 0. The van der Waals surface area contributed by atoms with Crippen molar-refractivity contribution in [3.63, 3.8) is 0 Å². The van der Waals surface area contributed by atoms with E-state index in [1.54, 1.807) is 0 Å². The molecule has 0 aliphatic carbocycles. The maximum absolute atomic E-state index is 6.46. The topological polar surface area (TPSA) is 43.9 Å². The number of furan rings is 1. The standard InChI is InChI=1S/C28H16ClN3O/c29-28-30-22(17-13-14-26-21(15-17)20-9-3-6-12-25(20)33-26)16-27(31-28)32-23-10-4-1-7-18(23)19-8-2-5-11-24(19)32/h1-16H. The molecule has 4 aromatic carbocycles. The zero-order valence-corrected chi connectivity index (χ0v) is 18.1. The summed E-state index contributed by atoms with van der Waals surface area (Å²) in [5.74, 6) is 0.736. The van der Waals surface area contributed by atoms with Crippen LogP contribution in [0.15, 0.2) is 101 Å². The lowest BCUT2D eigenvalue weighted by molar-refractivity contribution is 0.669. The fraction of sp³-hybridized carbons (Fsp3) is 0. The number of rotatable bonds is 2. The van der Waals surface area contributed by atoms with Crippen molar-refractivity contribution < 1.29 is 4.42 Å². The van der Waals surface area contributed by atoms with Crippen LogP contribution in [0, 0.1) is 0 Å². The number of hydrogen-bond acceptors (Lipinski definition) is 3. The lowest BCUT2D eigenvalue weighted by atomic mass is 10.1. The lowest BCUT2D eigenvalue weighted by Gasteiger charge is -2.09. The van der Waals surface area contributed by atoms with Crippen molar-refractivity contribution in [3.8, 4) is 17.1 Å². The first-order valence-corrected chi connectivity index (χ1v) is 11.1. The predicted octanol–water partition coefficient (Wildman–Crippen LogP) is 7.79. The van der Waals surface area contributed by atoms with E-state index in [1.165, 1.54) is 10.8 Å². The van der Waals surface area contributed by atoms with Crippen LogP contribution in [0.1, 0.15) is 0 Å². The maximum atomic E-state index is 6.46. The third-order valence-electron chi connectivity index (χ3n) is 6.17. The second-order valence-electron chi connectivity index (χ2n) is 8.06. The van der Waals surface area contributed by atoms with Crippen molar-refractivity contribution in [2.45, 2.75) is 0 Å². The van der Waals surface area contributed by atoms with Crippen molar-refractivity contribution in [1.29, 1.82) is 0 Å². The van der Waals surface area contributed by atoms with Gasteiger partial charge >= 0.3 is 0 Å². The van der Waals surface area contributed by atoms with Crippen LogP contribution in [0.25, 0.3) is 60.8 Å². The van der Waals surface area contributed by atoms with Gasteiger partial charge in [0.2, 0.25) is 5.28 Å². The van der Waals surface area contributed by atoms with Crippen molar-refractivity contribution in [2.75, 3.05) is 0 Å². The van der Waals surface area contributed by atoms with Crippen molar-refractivity contribution in [2.24, 2.45) is 0 Å². The summed E-state index contributed by atoms with van der Waals surface area (Å²) in [6, 6.07) is 32.8. The third-order valence-corrected chi connectivity index (χ3v) is 6.34. The van der Waals surface area contributed by atoms with E-state index in [2.05, 4.69) is 63.1 Å². The molecule has 33 heavy (non-hydrogen) atoms. The Morgan fingerprint density at radius 3 is 2.00 bits per heavy atom. The van der Waals surface area contributed by atoms with Crippen LogP contribution < -0.4 is 0 Å². The number of aromatic nitrogens is 3. The molecule has 0 fully saturated rings. The normalized spacial score (nSPS) is 11.8. The van der Waals surface area contributed by atoms with Crippen molar-refractivity contribution in [1.82, 2.24) is 14.5 Å². The molecular formula is C28H16ClN3O. The maximum Gasteiger partial charge on any atom is 0.224 e. The fourth-order valence-corrected chi connectivity index (χ4v) is 4.90. The molecule has 5 heteroatoms. The van der Waals surface area contributed by atoms with Gasteiger partial charge in [-0.15, -0.1) is 0 Å². The van der Waals surface area contributed by atoms with E-state index in [1.807, 2.05) is 48.5 Å². The highest BCUT2D eigenvalue weighted by atomic mass is 35.5. The van der Waals surface area contributed by atoms with Crippen LogP contribution in [-0.2, 0) is 0 Å². The minimum absolute atomic E-state index is 0.210. The van der Waals surface area contributed by atoms with Gasteiger partial charge in [0.15, 0.2) is 0 Å². The van der Waals surface area contributed by atoms with Gasteiger partial charge in [0, 0.05) is 33.2 Å². The van der Waals surface area contributed by atoms with E-state index in [4.69, 9.17) is 16.0 Å². The van der Waals surface area contributed by atoms with Gasteiger partial charge in [-0.3, -0.25) is 4.57 Å². The second-order valence-corrected chi connectivity index (χ2v) is 8.40. The highest BCUT2D eigenvalue weighted by Gasteiger charge is 2.15. The number of para-hydroxylation sites is 3. The molecule has 0 saturated carbocycles. The number of fused-ring (bicyclic) bond motifs is 6. The molecule has 3 heterocycles. The molecule has 0 bridgehead atoms. The fourth-order valence-electron chi connectivity index (χ4n) is 4.72. The molecule has 0 spiro atoms. The van der Waals surface area contributed by atoms with Gasteiger partial charge in [-0.1, -0.05) is 54.6 Å². The zero-order chi connectivity index (χ0) is 21.9. The Hall–Kier alpha value is -4.15. The molecule has 0 aliphatic rings. The van der Waals surface area contributed by atoms with E-state index in [9.17, 15) is 0 Å². The Bertz CT molecular complexity index is 1790. The average molecular weight is 446 g/mol. The number of nitrogens with zero attached hydrogens (tertiary/aromatic N) is 3. The molecule has 0 atom stereocenters. The molecule has 0 N–H and O–H groups in total. The van der Waals surface area contributed by atoms with Gasteiger partial charge in [-0.2, -0.15) is 4.98 Å². The van der Waals surface area contributed by atoms with Crippen LogP contribution in [-0.4, -0.2) is 14.5 Å². The molecule has 7 aromatic rings. The molecular weight excluding hydrogens is 430 g/mol. The van der Waals surface area contributed by atoms with E-state index < -0.39 is 0 Å². The summed E-state index contributed by atoms with van der Waals surface area (Å²) in [5, 5.41) is 4.70. The van der Waals surface area contributed by atoms with Crippen LogP contribution in [0.2, 0.25) is 5.28 Å². The SMILES string of the molecule is Clc1nc(-c2ccc3oc4ccccc4c3c2)cc(-n2c3ccccc3c3ccccc32)n1. The number of halogens is 1. The molecule has 0 aliphatic heterocycles. The Kier molecular flexibility index (Phi) is 3.87. The number of hydrogen-bond donors (Lipinski definition) is 0. The van der Waals surface area contributed by atoms with Crippen LogP contribution in [0.5, 0.6) is 0 Å². The summed E-state index contributed by atoms with van der Waals surface area (Å²) in [4.78, 5) is 9.16. The molecule has 3 aromatic heterocycles. The molecule has 4 nitrogen and oxygen atoms in total. The molecule has 0 radical (unpaired) electrons. The highest BCUT2D eigenvalue weighted by Crippen LogP contribution is 2.34. The Morgan fingerprint density at radius 2 is 1.24 bits per heavy atom. The average Bonchev–Trinajstić information content (AvgIpc) is 3.39. The first kappa shape index (κ1) is 18.4. The summed E-state index contributed by atoms with van der Waals surface area (Å²) < 4.78 is 8.13. The van der Waals surface area contributed by atoms with E-state index >= 15 is 0 Å². The van der Waals surface area contributed by atoms with Gasteiger partial charge in [0.1, 0.15) is 17.0 Å². The van der Waals surface area contributed by atoms with Gasteiger partial charge in [-0.25, -0.2) is 4.98 Å². The monoisotopic (exact) mass is 445 g/mol. The molecule has 0 unspecified atom stereocenters. The van der Waals surface area contributed by atoms with Crippen molar-refractivity contribution >= 4 is 55.3 Å². The summed E-state index contributed by atoms with van der Waals surface area (Å²) in [7, 11) is 0. The van der Waals surface area contributed by atoms with Crippen molar-refractivity contribution in [3.05, 3.63) is 102 Å². The first-order valence-electron chi connectivity index (χ1n) is 10.7. The van der Waals surface area contributed by atoms with Crippen LogP contribution >= 0.6 is 11.6 Å².